The number of aromatic amines is 1. The lowest BCUT2D eigenvalue weighted by atomic mass is 10.2. The molecule has 0 aliphatic heterocycles. The molecule has 4 N–H and O–H groups in total. The van der Waals surface area contributed by atoms with Crippen molar-refractivity contribution < 1.29 is 4.74 Å². The Morgan fingerprint density at radius 3 is 2.85 bits per heavy atom. The summed E-state index contributed by atoms with van der Waals surface area (Å²) in [5.74, 6) is 0.827. The van der Waals surface area contributed by atoms with Crippen LogP contribution in [0.4, 0.5) is 11.5 Å². The molecule has 106 valence electrons. The van der Waals surface area contributed by atoms with Gasteiger partial charge >= 0.3 is 5.69 Å². The van der Waals surface area contributed by atoms with Gasteiger partial charge in [-0.05, 0) is 17.7 Å². The highest BCUT2D eigenvalue weighted by molar-refractivity contribution is 5.60. The first kappa shape index (κ1) is 13.7. The number of hydrogen-bond acceptors (Lipinski definition) is 5. The van der Waals surface area contributed by atoms with Crippen LogP contribution in [0.2, 0.25) is 0 Å². The molecule has 0 atom stereocenters. The van der Waals surface area contributed by atoms with Crippen molar-refractivity contribution in [1.82, 2.24) is 9.55 Å². The molecule has 1 aromatic heterocycles. The molecule has 0 radical (unpaired) electrons. The largest absolute Gasteiger partial charge is 0.497 e. The fraction of sp³-hybridized carbons (Fsp3) is 0.231. The van der Waals surface area contributed by atoms with Crippen LogP contribution in [-0.4, -0.2) is 16.7 Å². The zero-order chi connectivity index (χ0) is 14.7. The summed E-state index contributed by atoms with van der Waals surface area (Å²) in [6.45, 7) is 0.392. The maximum atomic E-state index is 11.7. The lowest BCUT2D eigenvalue weighted by Gasteiger charge is -2.11. The second kappa shape index (κ2) is 5.52. The van der Waals surface area contributed by atoms with Crippen LogP contribution < -0.4 is 27.0 Å². The van der Waals surface area contributed by atoms with Gasteiger partial charge in [-0.25, -0.2) is 4.79 Å². The quantitative estimate of drug-likeness (QED) is 0.744. The molecule has 0 fully saturated rings. The Labute approximate surface area is 115 Å². The standard InChI is InChI=1S/C13H16N4O3/c1-17-11(14)10(12(18)16-13(17)19)15-7-8-4-3-5-9(6-8)20-2/h3-6,15H,7,14H2,1-2H3,(H,16,18,19). The van der Waals surface area contributed by atoms with Gasteiger partial charge in [0, 0.05) is 13.6 Å². The average molecular weight is 276 g/mol. The zero-order valence-corrected chi connectivity index (χ0v) is 11.3. The maximum absolute atomic E-state index is 11.7. The Hall–Kier alpha value is -2.70. The van der Waals surface area contributed by atoms with Gasteiger partial charge in [-0.1, -0.05) is 12.1 Å². The molecule has 0 amide bonds. The van der Waals surface area contributed by atoms with Crippen LogP contribution in [0.3, 0.4) is 0 Å². The normalized spacial score (nSPS) is 10.3. The van der Waals surface area contributed by atoms with Crippen LogP contribution in [-0.2, 0) is 13.6 Å². The minimum Gasteiger partial charge on any atom is -0.497 e. The van der Waals surface area contributed by atoms with E-state index in [1.165, 1.54) is 11.6 Å². The number of rotatable bonds is 4. The molecule has 0 spiro atoms. The third-order valence-corrected chi connectivity index (χ3v) is 2.97. The molecule has 1 aromatic carbocycles. The second-order valence-corrected chi connectivity index (χ2v) is 4.28. The van der Waals surface area contributed by atoms with Gasteiger partial charge in [0.2, 0.25) is 0 Å². The Bertz CT molecular complexity index is 733. The summed E-state index contributed by atoms with van der Waals surface area (Å²) in [6.07, 6.45) is 0. The van der Waals surface area contributed by atoms with E-state index in [4.69, 9.17) is 10.5 Å². The monoisotopic (exact) mass is 276 g/mol. The van der Waals surface area contributed by atoms with Crippen molar-refractivity contribution in [3.05, 3.63) is 50.7 Å². The van der Waals surface area contributed by atoms with Crippen LogP contribution in [0.25, 0.3) is 0 Å². The summed E-state index contributed by atoms with van der Waals surface area (Å²) in [6, 6.07) is 7.42. The molecule has 0 saturated heterocycles. The fourth-order valence-corrected chi connectivity index (χ4v) is 1.78. The number of ether oxygens (including phenoxy) is 1. The zero-order valence-electron chi connectivity index (χ0n) is 11.3. The van der Waals surface area contributed by atoms with Gasteiger partial charge in [-0.2, -0.15) is 0 Å². The van der Waals surface area contributed by atoms with Gasteiger partial charge in [0.05, 0.1) is 7.11 Å². The topological polar surface area (TPSA) is 102 Å². The van der Waals surface area contributed by atoms with Crippen molar-refractivity contribution in [2.24, 2.45) is 7.05 Å². The molecule has 7 heteroatoms. The van der Waals surface area contributed by atoms with Gasteiger partial charge in [0.25, 0.3) is 5.56 Å². The van der Waals surface area contributed by atoms with Crippen LogP contribution in [0.15, 0.2) is 33.9 Å². The predicted molar refractivity (Wildman–Crippen MR) is 77.0 cm³/mol. The lowest BCUT2D eigenvalue weighted by Crippen LogP contribution is -2.32. The molecule has 1 heterocycles. The summed E-state index contributed by atoms with van der Waals surface area (Å²) < 4.78 is 6.30. The molecule has 20 heavy (non-hydrogen) atoms. The first-order chi connectivity index (χ1) is 9.52. The van der Waals surface area contributed by atoms with Crippen LogP contribution in [0.5, 0.6) is 5.75 Å². The molecule has 0 saturated carbocycles. The molecule has 2 aromatic rings. The number of anilines is 2. The average Bonchev–Trinajstić information content (AvgIpc) is 2.45. The number of benzene rings is 1. The van der Waals surface area contributed by atoms with Crippen molar-refractivity contribution in [2.45, 2.75) is 6.54 Å². The van der Waals surface area contributed by atoms with Crippen LogP contribution in [0.1, 0.15) is 5.56 Å². The van der Waals surface area contributed by atoms with E-state index in [1.54, 1.807) is 7.11 Å². The molecule has 7 nitrogen and oxygen atoms in total. The van der Waals surface area contributed by atoms with Crippen molar-refractivity contribution in [1.29, 1.82) is 0 Å². The van der Waals surface area contributed by atoms with Crippen molar-refractivity contribution in [2.75, 3.05) is 18.2 Å². The van der Waals surface area contributed by atoms with Gasteiger partial charge in [0.15, 0.2) is 0 Å². The molecule has 0 aliphatic carbocycles. The molecule has 0 bridgehead atoms. The Kier molecular flexibility index (Phi) is 3.79. The van der Waals surface area contributed by atoms with E-state index in [1.807, 2.05) is 24.3 Å². The molecule has 2 rings (SSSR count). The van der Waals surface area contributed by atoms with Crippen molar-refractivity contribution >= 4 is 11.5 Å². The lowest BCUT2D eigenvalue weighted by molar-refractivity contribution is 0.414. The van der Waals surface area contributed by atoms with E-state index < -0.39 is 11.2 Å². The number of H-pyrrole nitrogens is 1. The predicted octanol–water partition coefficient (Wildman–Crippen LogP) is 0.276. The SMILES string of the molecule is COc1cccc(CNc2c(N)n(C)c(=O)[nH]c2=O)c1. The molecule has 0 unspecified atom stereocenters. The number of nitrogens with zero attached hydrogens (tertiary/aromatic N) is 1. The second-order valence-electron chi connectivity index (χ2n) is 4.28. The minimum atomic E-state index is -0.542. The smallest absolute Gasteiger partial charge is 0.329 e. The van der Waals surface area contributed by atoms with Gasteiger partial charge < -0.3 is 15.8 Å². The molecular weight excluding hydrogens is 260 g/mol. The maximum Gasteiger partial charge on any atom is 0.329 e. The summed E-state index contributed by atoms with van der Waals surface area (Å²) in [5, 5.41) is 2.93. The summed E-state index contributed by atoms with van der Waals surface area (Å²) in [4.78, 5) is 25.3. The summed E-state index contributed by atoms with van der Waals surface area (Å²) in [5.41, 5.74) is 5.79. The van der Waals surface area contributed by atoms with Gasteiger partial charge in [-0.3, -0.25) is 14.3 Å². The summed E-state index contributed by atoms with van der Waals surface area (Å²) in [7, 11) is 3.08. The van der Waals surface area contributed by atoms with Gasteiger partial charge in [0.1, 0.15) is 17.3 Å². The van der Waals surface area contributed by atoms with E-state index in [0.29, 0.717) is 6.54 Å². The number of nitrogens with one attached hydrogen (secondary N) is 2. The third kappa shape index (κ3) is 2.66. The minimum absolute atomic E-state index is 0.0987. The number of aromatic nitrogens is 2. The number of nitrogens with two attached hydrogens (primary N) is 1. The van der Waals surface area contributed by atoms with E-state index >= 15 is 0 Å². The fourth-order valence-electron chi connectivity index (χ4n) is 1.78. The highest BCUT2D eigenvalue weighted by Gasteiger charge is 2.09. The van der Waals surface area contributed by atoms with Crippen LogP contribution in [0, 0.1) is 0 Å². The van der Waals surface area contributed by atoms with Crippen molar-refractivity contribution in [3.63, 3.8) is 0 Å². The number of hydrogen-bond donors (Lipinski definition) is 3. The van der Waals surface area contributed by atoms with E-state index in [0.717, 1.165) is 11.3 Å². The Balaban J connectivity index is 2.25. The number of methoxy groups -OCH3 is 1. The Morgan fingerprint density at radius 2 is 2.15 bits per heavy atom. The first-order valence-electron chi connectivity index (χ1n) is 5.98. The highest BCUT2D eigenvalue weighted by atomic mass is 16.5. The highest BCUT2D eigenvalue weighted by Crippen LogP contribution is 2.15. The molecular formula is C13H16N4O3. The third-order valence-electron chi connectivity index (χ3n) is 2.97. The van der Waals surface area contributed by atoms with E-state index in [9.17, 15) is 9.59 Å². The molecule has 0 aliphatic rings. The Morgan fingerprint density at radius 1 is 1.40 bits per heavy atom. The van der Waals surface area contributed by atoms with E-state index in [-0.39, 0.29) is 11.5 Å². The van der Waals surface area contributed by atoms with E-state index in [2.05, 4.69) is 10.3 Å². The van der Waals surface area contributed by atoms with Crippen molar-refractivity contribution in [3.8, 4) is 5.75 Å². The first-order valence-corrected chi connectivity index (χ1v) is 5.98. The number of nitrogen functional groups attached to an aromatic ring is 1. The van der Waals surface area contributed by atoms with Gasteiger partial charge in [-0.15, -0.1) is 0 Å². The summed E-state index contributed by atoms with van der Waals surface area (Å²) >= 11 is 0. The van der Waals surface area contributed by atoms with Crippen LogP contribution >= 0.6 is 0 Å².